The molecule has 3 rings (SSSR count). The summed E-state index contributed by atoms with van der Waals surface area (Å²) in [5.41, 5.74) is -0.478. The van der Waals surface area contributed by atoms with Crippen molar-refractivity contribution in [3.8, 4) is 0 Å². The lowest BCUT2D eigenvalue weighted by Gasteiger charge is -2.34. The van der Waals surface area contributed by atoms with E-state index in [1.807, 2.05) is 0 Å². The van der Waals surface area contributed by atoms with Crippen LogP contribution in [0.25, 0.3) is 0 Å². The summed E-state index contributed by atoms with van der Waals surface area (Å²) in [5.74, 6) is -0.943. The highest BCUT2D eigenvalue weighted by Crippen LogP contribution is 2.31. The molecule has 0 unspecified atom stereocenters. The van der Waals surface area contributed by atoms with Gasteiger partial charge in [0.25, 0.3) is 5.56 Å². The molecule has 0 aromatic carbocycles. The minimum atomic E-state index is -3.20. The number of sulfonamides is 1. The Morgan fingerprint density at radius 1 is 1.26 bits per heavy atom. The number of carboxylic acid groups (broad SMARTS) is 1. The minimum Gasteiger partial charge on any atom is -0.480 e. The van der Waals surface area contributed by atoms with E-state index in [2.05, 4.69) is 4.98 Å². The van der Waals surface area contributed by atoms with Crippen LogP contribution in [-0.4, -0.2) is 64.8 Å². The number of anilines is 1. The van der Waals surface area contributed by atoms with E-state index in [4.69, 9.17) is 5.11 Å². The molecule has 1 aliphatic carbocycles. The molecule has 1 saturated carbocycles. The molecule has 0 atom stereocenters. The Morgan fingerprint density at radius 3 is 2.48 bits per heavy atom. The predicted molar refractivity (Wildman–Crippen MR) is 81.9 cm³/mol. The van der Waals surface area contributed by atoms with Crippen molar-refractivity contribution in [3.05, 3.63) is 22.7 Å². The quantitative estimate of drug-likeness (QED) is 0.726. The zero-order valence-corrected chi connectivity index (χ0v) is 13.3. The van der Waals surface area contributed by atoms with Crippen LogP contribution < -0.4 is 10.5 Å². The second-order valence-electron chi connectivity index (χ2n) is 5.71. The molecule has 0 radical (unpaired) electrons. The van der Waals surface area contributed by atoms with Crippen molar-refractivity contribution < 1.29 is 18.3 Å². The molecule has 9 nitrogen and oxygen atoms in total. The van der Waals surface area contributed by atoms with E-state index in [1.165, 1.54) is 16.7 Å². The molecular formula is C13H18N4O5S. The monoisotopic (exact) mass is 342 g/mol. The Balaban J connectivity index is 1.73. The number of carboxylic acids is 1. The van der Waals surface area contributed by atoms with Gasteiger partial charge in [0.1, 0.15) is 6.54 Å². The summed E-state index contributed by atoms with van der Waals surface area (Å²) in [6.07, 6.45) is 4.16. The number of hydrogen-bond donors (Lipinski definition) is 1. The average molecular weight is 342 g/mol. The van der Waals surface area contributed by atoms with Gasteiger partial charge in [-0.3, -0.25) is 14.2 Å². The molecule has 2 heterocycles. The first-order valence-electron chi connectivity index (χ1n) is 7.41. The number of carbonyl (C=O) groups is 1. The summed E-state index contributed by atoms with van der Waals surface area (Å²) in [6, 6.07) is 0. The zero-order chi connectivity index (χ0) is 16.6. The first kappa shape index (κ1) is 15.9. The van der Waals surface area contributed by atoms with Crippen LogP contribution in [0.3, 0.4) is 0 Å². The van der Waals surface area contributed by atoms with Gasteiger partial charge in [0, 0.05) is 38.6 Å². The molecule has 1 saturated heterocycles. The van der Waals surface area contributed by atoms with Crippen LogP contribution in [0, 0.1) is 0 Å². The first-order chi connectivity index (χ1) is 10.9. The Hall–Kier alpha value is -1.94. The molecule has 0 spiro atoms. The Morgan fingerprint density at radius 2 is 1.91 bits per heavy atom. The van der Waals surface area contributed by atoms with Crippen molar-refractivity contribution >= 4 is 21.8 Å². The summed E-state index contributed by atoms with van der Waals surface area (Å²) >= 11 is 0. The van der Waals surface area contributed by atoms with Gasteiger partial charge in [-0.05, 0) is 12.8 Å². The second-order valence-corrected chi connectivity index (χ2v) is 7.92. The fourth-order valence-electron chi connectivity index (χ4n) is 2.65. The molecule has 0 amide bonds. The maximum absolute atomic E-state index is 12.3. The maximum Gasteiger partial charge on any atom is 0.323 e. The lowest BCUT2D eigenvalue weighted by molar-refractivity contribution is -0.137. The van der Waals surface area contributed by atoms with Crippen molar-refractivity contribution in [3.63, 3.8) is 0 Å². The standard InChI is InChI=1S/C13H18N4O5S/c18-11(19)9-16-4-3-14-12(13(16)20)15-5-7-17(8-6-15)23(21,22)10-1-2-10/h3-4,10H,1-2,5-9H2,(H,18,19). The number of aliphatic carboxylic acids is 1. The molecule has 2 fully saturated rings. The zero-order valence-electron chi connectivity index (χ0n) is 12.5. The third-order valence-corrected chi connectivity index (χ3v) is 6.44. The minimum absolute atomic E-state index is 0.164. The molecule has 23 heavy (non-hydrogen) atoms. The van der Waals surface area contributed by atoms with E-state index >= 15 is 0 Å². The highest BCUT2D eigenvalue weighted by atomic mass is 32.2. The van der Waals surface area contributed by atoms with E-state index in [0.29, 0.717) is 26.2 Å². The third kappa shape index (κ3) is 3.22. The average Bonchev–Trinajstić information content (AvgIpc) is 3.34. The Kier molecular flexibility index (Phi) is 4.11. The largest absolute Gasteiger partial charge is 0.480 e. The molecule has 1 aromatic heterocycles. The van der Waals surface area contributed by atoms with Crippen LogP contribution in [0.15, 0.2) is 17.2 Å². The van der Waals surface area contributed by atoms with Crippen LogP contribution >= 0.6 is 0 Å². The molecule has 1 aliphatic heterocycles. The van der Waals surface area contributed by atoms with Crippen molar-refractivity contribution in [2.75, 3.05) is 31.1 Å². The van der Waals surface area contributed by atoms with Crippen LogP contribution in [0.2, 0.25) is 0 Å². The molecule has 1 aromatic rings. The first-order valence-corrected chi connectivity index (χ1v) is 8.91. The second kappa shape index (κ2) is 5.93. The van der Waals surface area contributed by atoms with Gasteiger partial charge in [0.2, 0.25) is 10.0 Å². The topological polar surface area (TPSA) is 113 Å². The summed E-state index contributed by atoms with van der Waals surface area (Å²) in [5, 5.41) is 8.57. The Bertz CT molecular complexity index is 763. The lowest BCUT2D eigenvalue weighted by atomic mass is 10.3. The van der Waals surface area contributed by atoms with Gasteiger partial charge in [0.15, 0.2) is 5.82 Å². The number of rotatable bonds is 5. The number of hydrogen-bond acceptors (Lipinski definition) is 6. The van der Waals surface area contributed by atoms with Crippen LogP contribution in [-0.2, 0) is 21.4 Å². The number of aromatic nitrogens is 2. The molecule has 2 aliphatic rings. The summed E-state index contributed by atoms with van der Waals surface area (Å²) in [4.78, 5) is 28.8. The van der Waals surface area contributed by atoms with E-state index in [9.17, 15) is 18.0 Å². The van der Waals surface area contributed by atoms with E-state index in [0.717, 1.165) is 17.4 Å². The maximum atomic E-state index is 12.3. The molecule has 10 heteroatoms. The van der Waals surface area contributed by atoms with Crippen LogP contribution in [0.1, 0.15) is 12.8 Å². The molecule has 0 bridgehead atoms. The van der Waals surface area contributed by atoms with E-state index in [-0.39, 0.29) is 11.1 Å². The number of nitrogens with zero attached hydrogens (tertiary/aromatic N) is 4. The van der Waals surface area contributed by atoms with Gasteiger partial charge in [-0.1, -0.05) is 0 Å². The summed E-state index contributed by atoms with van der Waals surface area (Å²) in [6.45, 7) is 0.933. The van der Waals surface area contributed by atoms with Gasteiger partial charge < -0.3 is 10.0 Å². The third-order valence-electron chi connectivity index (χ3n) is 4.04. The van der Waals surface area contributed by atoms with Gasteiger partial charge in [-0.25, -0.2) is 13.4 Å². The lowest BCUT2D eigenvalue weighted by Crippen LogP contribution is -2.51. The van der Waals surface area contributed by atoms with E-state index in [1.54, 1.807) is 4.90 Å². The molecule has 126 valence electrons. The Labute approximate surface area is 133 Å². The van der Waals surface area contributed by atoms with Gasteiger partial charge in [-0.2, -0.15) is 4.31 Å². The fourth-order valence-corrected chi connectivity index (χ4v) is 4.48. The van der Waals surface area contributed by atoms with Gasteiger partial charge >= 0.3 is 5.97 Å². The SMILES string of the molecule is O=C(O)Cn1ccnc(N2CCN(S(=O)(=O)C3CC3)CC2)c1=O. The van der Waals surface area contributed by atoms with Crippen molar-refractivity contribution in [2.45, 2.75) is 24.6 Å². The predicted octanol–water partition coefficient (Wildman–Crippen LogP) is -1.06. The smallest absolute Gasteiger partial charge is 0.323 e. The highest BCUT2D eigenvalue weighted by molar-refractivity contribution is 7.90. The van der Waals surface area contributed by atoms with Gasteiger partial charge in [-0.15, -0.1) is 0 Å². The van der Waals surface area contributed by atoms with Crippen molar-refractivity contribution in [1.82, 2.24) is 13.9 Å². The summed E-state index contributed by atoms with van der Waals surface area (Å²) < 4.78 is 26.9. The molecule has 1 N–H and O–H groups in total. The van der Waals surface area contributed by atoms with E-state index < -0.39 is 28.1 Å². The molecular weight excluding hydrogens is 324 g/mol. The summed E-state index contributed by atoms with van der Waals surface area (Å²) in [7, 11) is -3.20. The van der Waals surface area contributed by atoms with Gasteiger partial charge in [0.05, 0.1) is 5.25 Å². The van der Waals surface area contributed by atoms with Crippen LogP contribution in [0.4, 0.5) is 5.82 Å². The van der Waals surface area contributed by atoms with Crippen molar-refractivity contribution in [1.29, 1.82) is 0 Å². The normalized spacial score (nSPS) is 19.7. The number of piperazine rings is 1. The van der Waals surface area contributed by atoms with Crippen LogP contribution in [0.5, 0.6) is 0 Å². The van der Waals surface area contributed by atoms with Crippen molar-refractivity contribution in [2.24, 2.45) is 0 Å². The highest BCUT2D eigenvalue weighted by Gasteiger charge is 2.41. The fraction of sp³-hybridized carbons (Fsp3) is 0.615.